The van der Waals surface area contributed by atoms with Gasteiger partial charge in [0.2, 0.25) is 0 Å². The summed E-state index contributed by atoms with van der Waals surface area (Å²) in [5.74, 6) is 0.101. The number of rotatable bonds is 4. The van der Waals surface area contributed by atoms with Crippen molar-refractivity contribution in [3.05, 3.63) is 54.1 Å². The molecule has 0 saturated carbocycles. The second-order valence-corrected chi connectivity index (χ2v) is 7.23. The minimum Gasteiger partial charge on any atom is -0.380 e. The number of ketones is 1. The largest absolute Gasteiger partial charge is 0.380 e. The minimum absolute atomic E-state index is 0.0666. The summed E-state index contributed by atoms with van der Waals surface area (Å²) in [4.78, 5) is 13.6. The van der Waals surface area contributed by atoms with Crippen molar-refractivity contribution < 1.29 is 4.79 Å². The zero-order chi connectivity index (χ0) is 15.5. The first-order chi connectivity index (χ1) is 9.83. The number of hydrogen-bond donors (Lipinski definition) is 1. The molecule has 0 spiro atoms. The van der Waals surface area contributed by atoms with Crippen LogP contribution >= 0.6 is 11.8 Å². The summed E-state index contributed by atoms with van der Waals surface area (Å²) >= 11 is 1.70. The van der Waals surface area contributed by atoms with Crippen LogP contribution < -0.4 is 5.32 Å². The van der Waals surface area contributed by atoms with Gasteiger partial charge in [0.05, 0.1) is 0 Å². The third-order valence-electron chi connectivity index (χ3n) is 2.87. The number of benzene rings is 2. The van der Waals surface area contributed by atoms with Crippen molar-refractivity contribution in [2.45, 2.75) is 43.0 Å². The summed E-state index contributed by atoms with van der Waals surface area (Å²) < 4.78 is 0. The Morgan fingerprint density at radius 3 is 1.81 bits per heavy atom. The second-order valence-electron chi connectivity index (χ2n) is 6.08. The van der Waals surface area contributed by atoms with Crippen molar-refractivity contribution in [1.82, 2.24) is 0 Å². The fourth-order valence-electron chi connectivity index (χ4n) is 1.93. The van der Waals surface area contributed by atoms with Crippen molar-refractivity contribution in [2.75, 3.05) is 5.32 Å². The monoisotopic (exact) mass is 299 g/mol. The van der Waals surface area contributed by atoms with E-state index in [2.05, 4.69) is 50.4 Å². The molecular formula is C18H21NOS. The van der Waals surface area contributed by atoms with E-state index in [4.69, 9.17) is 0 Å². The summed E-state index contributed by atoms with van der Waals surface area (Å²) in [7, 11) is 0. The molecule has 0 bridgehead atoms. The molecule has 0 aliphatic rings. The Balaban J connectivity index is 2.04. The molecule has 0 aliphatic heterocycles. The molecule has 0 unspecified atom stereocenters. The Bertz CT molecular complexity index is 609. The minimum atomic E-state index is 0.0666. The van der Waals surface area contributed by atoms with Gasteiger partial charge in [-0.1, -0.05) is 23.9 Å². The molecule has 0 atom stereocenters. The predicted octanol–water partition coefficient (Wildman–Crippen LogP) is 5.25. The van der Waals surface area contributed by atoms with Gasteiger partial charge in [-0.25, -0.2) is 0 Å². The molecule has 0 heterocycles. The Hall–Kier alpha value is -1.74. The van der Waals surface area contributed by atoms with Crippen molar-refractivity contribution >= 4 is 23.2 Å². The number of nitrogens with one attached hydrogen (secondary N) is 1. The van der Waals surface area contributed by atoms with Gasteiger partial charge in [0.15, 0.2) is 5.78 Å². The lowest BCUT2D eigenvalue weighted by molar-refractivity contribution is 0.101. The average molecular weight is 299 g/mol. The quantitative estimate of drug-likeness (QED) is 0.782. The predicted molar refractivity (Wildman–Crippen MR) is 90.4 cm³/mol. The van der Waals surface area contributed by atoms with Crippen LogP contribution in [0.4, 0.5) is 5.69 Å². The molecule has 0 radical (unpaired) electrons. The molecule has 0 saturated heterocycles. The molecule has 2 aromatic rings. The lowest BCUT2D eigenvalue weighted by Gasteiger charge is -2.22. The summed E-state index contributed by atoms with van der Waals surface area (Å²) in [5, 5.41) is 3.45. The number of anilines is 1. The van der Waals surface area contributed by atoms with Crippen LogP contribution in [0.3, 0.4) is 0 Å². The van der Waals surface area contributed by atoms with E-state index in [0.29, 0.717) is 0 Å². The zero-order valence-electron chi connectivity index (χ0n) is 12.9. The smallest absolute Gasteiger partial charge is 0.159 e. The van der Waals surface area contributed by atoms with Crippen LogP contribution in [0.2, 0.25) is 0 Å². The molecule has 0 aliphatic carbocycles. The van der Waals surface area contributed by atoms with Crippen LogP contribution in [0.1, 0.15) is 38.1 Å². The van der Waals surface area contributed by atoms with Crippen molar-refractivity contribution in [3.8, 4) is 0 Å². The highest BCUT2D eigenvalue weighted by Crippen LogP contribution is 2.29. The van der Waals surface area contributed by atoms with E-state index in [1.54, 1.807) is 18.7 Å². The Morgan fingerprint density at radius 1 is 0.905 bits per heavy atom. The number of hydrogen-bond acceptors (Lipinski definition) is 3. The molecule has 3 heteroatoms. The summed E-state index contributed by atoms with van der Waals surface area (Å²) in [5.41, 5.74) is 1.94. The van der Waals surface area contributed by atoms with Crippen LogP contribution in [-0.4, -0.2) is 11.3 Å². The number of Topliss-reactive ketones (excluding diaryl/α,β-unsaturated/α-hetero) is 1. The van der Waals surface area contributed by atoms with Crippen molar-refractivity contribution in [3.63, 3.8) is 0 Å². The summed E-state index contributed by atoms with van der Waals surface area (Å²) in [6.45, 7) is 8.02. The first-order valence-corrected chi connectivity index (χ1v) is 7.82. The van der Waals surface area contributed by atoms with Crippen LogP contribution in [0.15, 0.2) is 58.3 Å². The molecule has 0 aromatic heterocycles. The Labute approximate surface area is 131 Å². The highest BCUT2D eigenvalue weighted by Gasteiger charge is 2.08. The van der Waals surface area contributed by atoms with E-state index < -0.39 is 0 Å². The first kappa shape index (κ1) is 15.6. The molecule has 21 heavy (non-hydrogen) atoms. The van der Waals surface area contributed by atoms with Gasteiger partial charge in [0, 0.05) is 26.6 Å². The van der Waals surface area contributed by atoms with Gasteiger partial charge in [0.1, 0.15) is 0 Å². The van der Waals surface area contributed by atoms with E-state index in [-0.39, 0.29) is 11.3 Å². The van der Waals surface area contributed by atoms with Gasteiger partial charge in [-0.3, -0.25) is 4.79 Å². The van der Waals surface area contributed by atoms with Crippen LogP contribution in [0, 0.1) is 0 Å². The van der Waals surface area contributed by atoms with Gasteiger partial charge in [-0.2, -0.15) is 0 Å². The van der Waals surface area contributed by atoms with E-state index in [0.717, 1.165) is 16.1 Å². The molecule has 1 N–H and O–H groups in total. The Morgan fingerprint density at radius 2 is 1.38 bits per heavy atom. The molecule has 2 nitrogen and oxygen atoms in total. The van der Waals surface area contributed by atoms with Crippen LogP contribution in [0.25, 0.3) is 0 Å². The van der Waals surface area contributed by atoms with Gasteiger partial charge in [-0.05, 0) is 64.1 Å². The van der Waals surface area contributed by atoms with Gasteiger partial charge in [-0.15, -0.1) is 0 Å². The molecule has 2 aromatic carbocycles. The highest BCUT2D eigenvalue weighted by molar-refractivity contribution is 7.99. The average Bonchev–Trinajstić information content (AvgIpc) is 2.40. The van der Waals surface area contributed by atoms with Gasteiger partial charge >= 0.3 is 0 Å². The summed E-state index contributed by atoms with van der Waals surface area (Å²) in [6, 6.07) is 16.1. The van der Waals surface area contributed by atoms with E-state index in [1.165, 1.54) is 4.90 Å². The molecular weight excluding hydrogens is 278 g/mol. The van der Waals surface area contributed by atoms with Crippen LogP contribution in [-0.2, 0) is 0 Å². The van der Waals surface area contributed by atoms with Crippen molar-refractivity contribution in [1.29, 1.82) is 0 Å². The van der Waals surface area contributed by atoms with E-state index >= 15 is 0 Å². The lowest BCUT2D eigenvalue weighted by Crippen LogP contribution is -2.25. The standard InChI is InChI=1S/C18H21NOS/c1-13(20)14-5-9-16(10-6-14)21-17-11-7-15(8-12-17)19-18(2,3)4/h5-12,19H,1-4H3. The van der Waals surface area contributed by atoms with Gasteiger partial charge in [0.25, 0.3) is 0 Å². The number of carbonyl (C=O) groups excluding carboxylic acids is 1. The Kier molecular flexibility index (Phi) is 4.73. The third kappa shape index (κ3) is 4.94. The zero-order valence-corrected chi connectivity index (χ0v) is 13.8. The maximum Gasteiger partial charge on any atom is 0.159 e. The maximum absolute atomic E-state index is 11.3. The lowest BCUT2D eigenvalue weighted by atomic mass is 10.1. The first-order valence-electron chi connectivity index (χ1n) is 7.01. The van der Waals surface area contributed by atoms with Gasteiger partial charge < -0.3 is 5.32 Å². The normalized spacial score (nSPS) is 11.2. The SMILES string of the molecule is CC(=O)c1ccc(Sc2ccc(NC(C)(C)C)cc2)cc1. The molecule has 110 valence electrons. The fourth-order valence-corrected chi connectivity index (χ4v) is 2.75. The summed E-state index contributed by atoms with van der Waals surface area (Å²) in [6.07, 6.45) is 0. The highest BCUT2D eigenvalue weighted by atomic mass is 32.2. The topological polar surface area (TPSA) is 29.1 Å². The van der Waals surface area contributed by atoms with Crippen molar-refractivity contribution in [2.24, 2.45) is 0 Å². The van der Waals surface area contributed by atoms with E-state index in [1.807, 2.05) is 24.3 Å². The number of carbonyl (C=O) groups is 1. The second kappa shape index (κ2) is 6.35. The van der Waals surface area contributed by atoms with Crippen LogP contribution in [0.5, 0.6) is 0 Å². The molecule has 0 fully saturated rings. The third-order valence-corrected chi connectivity index (χ3v) is 3.89. The molecule has 2 rings (SSSR count). The molecule has 0 amide bonds. The fraction of sp³-hybridized carbons (Fsp3) is 0.278. The maximum atomic E-state index is 11.3. The van der Waals surface area contributed by atoms with E-state index in [9.17, 15) is 4.79 Å².